The van der Waals surface area contributed by atoms with E-state index in [0.717, 1.165) is 22.8 Å². The number of halogens is 1. The second-order valence-electron chi connectivity index (χ2n) is 7.69. The molecule has 0 saturated heterocycles. The molecule has 0 aliphatic carbocycles. The van der Waals surface area contributed by atoms with Gasteiger partial charge in [0.25, 0.3) is 5.91 Å². The van der Waals surface area contributed by atoms with Crippen molar-refractivity contribution < 1.29 is 13.9 Å². The van der Waals surface area contributed by atoms with Gasteiger partial charge >= 0.3 is 0 Å². The predicted molar refractivity (Wildman–Crippen MR) is 129 cm³/mol. The van der Waals surface area contributed by atoms with Crippen LogP contribution in [0.3, 0.4) is 0 Å². The number of benzene rings is 2. The number of nitrogen functional groups attached to an aromatic ring is 1. The highest BCUT2D eigenvalue weighted by atomic mass is 19.1. The van der Waals surface area contributed by atoms with Gasteiger partial charge in [0.15, 0.2) is 5.82 Å². The van der Waals surface area contributed by atoms with E-state index in [-0.39, 0.29) is 12.1 Å². The lowest BCUT2D eigenvalue weighted by atomic mass is 10.0. The molecule has 0 aliphatic rings. The Morgan fingerprint density at radius 3 is 2.69 bits per heavy atom. The molecule has 9 nitrogen and oxygen atoms in total. The molecule has 0 aliphatic heterocycles. The molecule has 4 N–H and O–H groups in total. The van der Waals surface area contributed by atoms with E-state index >= 15 is 0 Å². The smallest absolute Gasteiger partial charge is 0.255 e. The highest BCUT2D eigenvalue weighted by Gasteiger charge is 2.17. The average Bonchev–Trinajstić information content (AvgIpc) is 3.29. The molecule has 0 fully saturated rings. The van der Waals surface area contributed by atoms with E-state index < -0.39 is 11.7 Å². The van der Waals surface area contributed by atoms with Gasteiger partial charge in [-0.15, -0.1) is 0 Å². The van der Waals surface area contributed by atoms with Crippen molar-refractivity contribution in [2.45, 2.75) is 6.54 Å². The quantitative estimate of drug-likeness (QED) is 0.345. The zero-order chi connectivity index (χ0) is 24.4. The predicted octanol–water partition coefficient (Wildman–Crippen LogP) is 3.74. The van der Waals surface area contributed by atoms with Crippen molar-refractivity contribution in [3.05, 3.63) is 84.2 Å². The largest absolute Gasteiger partial charge is 0.496 e. The minimum Gasteiger partial charge on any atom is -0.496 e. The maximum atomic E-state index is 13.6. The maximum Gasteiger partial charge on any atom is 0.255 e. The Bertz CT molecular complexity index is 1520. The van der Waals surface area contributed by atoms with Crippen LogP contribution in [0.2, 0.25) is 0 Å². The first-order valence-electron chi connectivity index (χ1n) is 10.6. The van der Waals surface area contributed by atoms with E-state index in [1.165, 1.54) is 19.2 Å². The molecule has 0 atom stereocenters. The molecule has 0 radical (unpaired) electrons. The molecule has 10 heteroatoms. The number of fused-ring (bicyclic) bond motifs is 1. The molecule has 5 rings (SSSR count). The SMILES string of the molecule is COc1ccc(F)cc1C(=O)NCc1ccc(-c2ncc(-c3cnccn3)c3[nH]nc(N)c23)cc1. The lowest BCUT2D eigenvalue weighted by molar-refractivity contribution is 0.0947. The third-order valence-corrected chi connectivity index (χ3v) is 5.55. The molecule has 3 heterocycles. The number of nitrogens with zero attached hydrogens (tertiary/aromatic N) is 4. The number of anilines is 1. The van der Waals surface area contributed by atoms with Gasteiger partial charge in [-0.3, -0.25) is 24.8 Å². The fourth-order valence-electron chi connectivity index (χ4n) is 3.82. The summed E-state index contributed by atoms with van der Waals surface area (Å²) in [4.78, 5) is 25.6. The van der Waals surface area contributed by atoms with Crippen LogP contribution < -0.4 is 15.8 Å². The number of carbonyl (C=O) groups excluding carboxylic acids is 1. The normalized spacial score (nSPS) is 10.9. The molecule has 5 aromatic rings. The number of nitrogens with two attached hydrogens (primary N) is 1. The summed E-state index contributed by atoms with van der Waals surface area (Å²) < 4.78 is 18.7. The second kappa shape index (κ2) is 9.18. The van der Waals surface area contributed by atoms with Crippen LogP contribution in [0, 0.1) is 5.82 Å². The molecular formula is C25H20FN7O2. The summed E-state index contributed by atoms with van der Waals surface area (Å²) in [7, 11) is 1.43. The fraction of sp³-hybridized carbons (Fsp3) is 0.0800. The van der Waals surface area contributed by atoms with Gasteiger partial charge in [0, 0.05) is 36.3 Å². The van der Waals surface area contributed by atoms with Crippen LogP contribution in [0.15, 0.2) is 67.3 Å². The Hall–Kier alpha value is -4.86. The number of methoxy groups -OCH3 is 1. The van der Waals surface area contributed by atoms with Gasteiger partial charge in [-0.25, -0.2) is 4.39 Å². The molecule has 0 bridgehead atoms. The summed E-state index contributed by atoms with van der Waals surface area (Å²) in [6.07, 6.45) is 6.56. The minimum atomic E-state index is -0.511. The first kappa shape index (κ1) is 22.0. The van der Waals surface area contributed by atoms with Crippen molar-refractivity contribution >= 4 is 22.6 Å². The van der Waals surface area contributed by atoms with Crippen molar-refractivity contribution in [2.75, 3.05) is 12.8 Å². The number of pyridine rings is 1. The summed E-state index contributed by atoms with van der Waals surface area (Å²) in [5, 5.41) is 10.6. The second-order valence-corrected chi connectivity index (χ2v) is 7.69. The number of amides is 1. The number of nitrogens with one attached hydrogen (secondary N) is 2. The highest BCUT2D eigenvalue weighted by Crippen LogP contribution is 2.34. The van der Waals surface area contributed by atoms with Crippen LogP contribution >= 0.6 is 0 Å². The van der Waals surface area contributed by atoms with Gasteiger partial charge in [0.2, 0.25) is 0 Å². The van der Waals surface area contributed by atoms with E-state index in [9.17, 15) is 9.18 Å². The van der Waals surface area contributed by atoms with Crippen LogP contribution in [-0.4, -0.2) is 38.2 Å². The Balaban J connectivity index is 1.39. The Kier molecular flexibility index (Phi) is 5.76. The van der Waals surface area contributed by atoms with Crippen molar-refractivity contribution in [3.8, 4) is 28.3 Å². The van der Waals surface area contributed by atoms with Crippen LogP contribution in [0.25, 0.3) is 33.4 Å². The van der Waals surface area contributed by atoms with Gasteiger partial charge in [-0.1, -0.05) is 24.3 Å². The number of aromatic nitrogens is 5. The number of H-pyrrole nitrogens is 1. The lowest BCUT2D eigenvalue weighted by Gasteiger charge is -2.10. The van der Waals surface area contributed by atoms with Crippen LogP contribution in [-0.2, 0) is 6.54 Å². The molecule has 0 unspecified atom stereocenters. The van der Waals surface area contributed by atoms with E-state index in [1.807, 2.05) is 24.3 Å². The molecule has 174 valence electrons. The summed E-state index contributed by atoms with van der Waals surface area (Å²) in [5.41, 5.74) is 10.8. The van der Waals surface area contributed by atoms with Gasteiger partial charge in [0.1, 0.15) is 11.6 Å². The van der Waals surface area contributed by atoms with Crippen molar-refractivity contribution in [1.82, 2.24) is 30.5 Å². The van der Waals surface area contributed by atoms with Crippen molar-refractivity contribution in [1.29, 1.82) is 0 Å². The van der Waals surface area contributed by atoms with Gasteiger partial charge in [0.05, 0.1) is 41.2 Å². The number of rotatable bonds is 6. The maximum absolute atomic E-state index is 13.6. The summed E-state index contributed by atoms with van der Waals surface area (Å²) in [6.45, 7) is 0.251. The minimum absolute atomic E-state index is 0.134. The number of carbonyl (C=O) groups is 1. The summed E-state index contributed by atoms with van der Waals surface area (Å²) in [6, 6.07) is 11.3. The first-order valence-corrected chi connectivity index (χ1v) is 10.6. The van der Waals surface area contributed by atoms with E-state index in [0.29, 0.717) is 33.9 Å². The standard InChI is InChI=1S/C25H20FN7O2/c1-35-20-7-6-16(26)10-17(20)25(34)31-11-14-2-4-15(5-3-14)22-21-23(32-33-24(21)27)18(12-30-22)19-13-28-8-9-29-19/h2-10,12-13H,11H2,1H3,(H,31,34)(H3,27,32,33). The van der Waals surface area contributed by atoms with Crippen LogP contribution in [0.5, 0.6) is 5.75 Å². The number of ether oxygens (including phenoxy) is 1. The Morgan fingerprint density at radius 1 is 1.11 bits per heavy atom. The zero-order valence-electron chi connectivity index (χ0n) is 18.6. The van der Waals surface area contributed by atoms with Crippen molar-refractivity contribution in [2.24, 2.45) is 0 Å². The first-order chi connectivity index (χ1) is 17.0. The lowest BCUT2D eigenvalue weighted by Crippen LogP contribution is -2.23. The van der Waals surface area contributed by atoms with Crippen LogP contribution in [0.4, 0.5) is 10.2 Å². The highest BCUT2D eigenvalue weighted by molar-refractivity contribution is 6.05. The average molecular weight is 469 g/mol. The van der Waals surface area contributed by atoms with Gasteiger partial charge < -0.3 is 15.8 Å². The number of hydrogen-bond acceptors (Lipinski definition) is 7. The molecule has 0 saturated carbocycles. The third-order valence-electron chi connectivity index (χ3n) is 5.55. The third kappa shape index (κ3) is 4.24. The van der Waals surface area contributed by atoms with Gasteiger partial charge in [-0.2, -0.15) is 5.10 Å². The van der Waals surface area contributed by atoms with E-state index in [4.69, 9.17) is 10.5 Å². The number of hydrogen-bond donors (Lipinski definition) is 3. The monoisotopic (exact) mass is 469 g/mol. The molecule has 1 amide bonds. The molecule has 3 aromatic heterocycles. The van der Waals surface area contributed by atoms with E-state index in [2.05, 4.69) is 30.5 Å². The van der Waals surface area contributed by atoms with Gasteiger partial charge in [-0.05, 0) is 23.8 Å². The molecular weight excluding hydrogens is 449 g/mol. The summed E-state index contributed by atoms with van der Waals surface area (Å²) in [5.74, 6) is -0.312. The molecule has 35 heavy (non-hydrogen) atoms. The zero-order valence-corrected chi connectivity index (χ0v) is 18.6. The van der Waals surface area contributed by atoms with Crippen molar-refractivity contribution in [3.63, 3.8) is 0 Å². The number of aromatic amines is 1. The fourth-order valence-corrected chi connectivity index (χ4v) is 3.82. The van der Waals surface area contributed by atoms with Crippen LogP contribution in [0.1, 0.15) is 15.9 Å². The Morgan fingerprint density at radius 2 is 1.94 bits per heavy atom. The Labute approximate surface area is 199 Å². The molecule has 2 aromatic carbocycles. The topological polar surface area (TPSA) is 132 Å². The van der Waals surface area contributed by atoms with E-state index in [1.54, 1.807) is 24.8 Å². The molecule has 0 spiro atoms. The summed E-state index contributed by atoms with van der Waals surface area (Å²) >= 11 is 0.